The van der Waals surface area contributed by atoms with Crippen LogP contribution >= 0.6 is 0 Å². The molecule has 0 saturated heterocycles. The van der Waals surface area contributed by atoms with Crippen LogP contribution in [0.5, 0.6) is 0 Å². The van der Waals surface area contributed by atoms with Gasteiger partial charge in [0.1, 0.15) is 11.7 Å². The molecular formula is C15H11F4N3. The Bertz CT molecular complexity index is 678. The zero-order valence-corrected chi connectivity index (χ0v) is 11.2. The first kappa shape index (κ1) is 15.7. The van der Waals surface area contributed by atoms with Gasteiger partial charge in [-0.3, -0.25) is 15.7 Å². The van der Waals surface area contributed by atoms with Crippen LogP contribution in [0.25, 0.3) is 0 Å². The van der Waals surface area contributed by atoms with Crippen molar-refractivity contribution in [2.45, 2.75) is 6.18 Å². The van der Waals surface area contributed by atoms with Gasteiger partial charge in [0.25, 0.3) is 0 Å². The number of rotatable bonds is 2. The fourth-order valence-electron chi connectivity index (χ4n) is 1.81. The van der Waals surface area contributed by atoms with E-state index in [1.807, 2.05) is 0 Å². The molecule has 114 valence electrons. The van der Waals surface area contributed by atoms with Crippen LogP contribution in [0.15, 0.2) is 54.6 Å². The third kappa shape index (κ3) is 3.30. The van der Waals surface area contributed by atoms with Crippen molar-refractivity contribution in [1.82, 2.24) is 0 Å². The smallest absolute Gasteiger partial charge is 0.284 e. The van der Waals surface area contributed by atoms with Crippen LogP contribution in [-0.4, -0.2) is 17.8 Å². The van der Waals surface area contributed by atoms with Crippen molar-refractivity contribution in [2.75, 3.05) is 4.90 Å². The molecule has 0 radical (unpaired) electrons. The van der Waals surface area contributed by atoms with E-state index in [-0.39, 0.29) is 11.3 Å². The summed E-state index contributed by atoms with van der Waals surface area (Å²) in [6.45, 7) is 0. The van der Waals surface area contributed by atoms with E-state index < -0.39 is 23.7 Å². The molecule has 3 nitrogen and oxygen atoms in total. The lowest BCUT2D eigenvalue weighted by Crippen LogP contribution is -2.44. The Kier molecular flexibility index (Phi) is 4.25. The molecule has 0 unspecified atom stereocenters. The summed E-state index contributed by atoms with van der Waals surface area (Å²) in [4.78, 5) is 0.466. The van der Waals surface area contributed by atoms with Gasteiger partial charge in [0.15, 0.2) is 0 Å². The highest BCUT2D eigenvalue weighted by atomic mass is 19.4. The van der Waals surface area contributed by atoms with Gasteiger partial charge < -0.3 is 0 Å². The lowest BCUT2D eigenvalue weighted by molar-refractivity contribution is -0.0603. The van der Waals surface area contributed by atoms with E-state index in [1.165, 1.54) is 36.4 Å². The SMILES string of the molecule is N=C(c1ccc(F)cc1)N(C(=N)C(F)(F)F)c1ccccc1. The summed E-state index contributed by atoms with van der Waals surface area (Å²) in [7, 11) is 0. The number of para-hydroxylation sites is 1. The van der Waals surface area contributed by atoms with E-state index in [4.69, 9.17) is 10.8 Å². The minimum Gasteiger partial charge on any atom is -0.284 e. The van der Waals surface area contributed by atoms with Crippen molar-refractivity contribution in [3.8, 4) is 0 Å². The van der Waals surface area contributed by atoms with Gasteiger partial charge in [-0.15, -0.1) is 0 Å². The third-order valence-electron chi connectivity index (χ3n) is 2.85. The van der Waals surface area contributed by atoms with E-state index >= 15 is 0 Å². The molecule has 0 atom stereocenters. The highest BCUT2D eigenvalue weighted by Crippen LogP contribution is 2.25. The molecule has 0 heterocycles. The molecule has 0 aliphatic heterocycles. The molecule has 0 aliphatic carbocycles. The number of benzene rings is 2. The highest BCUT2D eigenvalue weighted by Gasteiger charge is 2.40. The minimum atomic E-state index is -4.91. The summed E-state index contributed by atoms with van der Waals surface area (Å²) >= 11 is 0. The Morgan fingerprint density at radius 3 is 1.91 bits per heavy atom. The first-order chi connectivity index (χ1) is 10.3. The summed E-state index contributed by atoms with van der Waals surface area (Å²) in [6, 6.07) is 11.8. The molecule has 7 heteroatoms. The second-order valence-corrected chi connectivity index (χ2v) is 4.37. The summed E-state index contributed by atoms with van der Waals surface area (Å²) in [6.07, 6.45) is -4.91. The predicted molar refractivity (Wildman–Crippen MR) is 75.9 cm³/mol. The quantitative estimate of drug-likeness (QED) is 0.487. The molecule has 22 heavy (non-hydrogen) atoms. The molecular weight excluding hydrogens is 298 g/mol. The molecule has 0 aliphatic rings. The fourth-order valence-corrected chi connectivity index (χ4v) is 1.81. The topological polar surface area (TPSA) is 50.9 Å². The average Bonchev–Trinajstić information content (AvgIpc) is 2.48. The number of nitrogens with zero attached hydrogens (tertiary/aromatic N) is 1. The minimum absolute atomic E-state index is 0.0270. The molecule has 2 N–H and O–H groups in total. The summed E-state index contributed by atoms with van der Waals surface area (Å²) in [5.41, 5.74) is 0.0957. The maximum absolute atomic E-state index is 12.9. The van der Waals surface area contributed by atoms with E-state index in [2.05, 4.69) is 0 Å². The predicted octanol–water partition coefficient (Wildman–Crippen LogP) is 4.20. The maximum Gasteiger partial charge on any atom is 0.449 e. The fraction of sp³-hybridized carbons (Fsp3) is 0.0667. The largest absolute Gasteiger partial charge is 0.449 e. The first-order valence-electron chi connectivity index (χ1n) is 6.16. The molecule has 0 spiro atoms. The van der Waals surface area contributed by atoms with Gasteiger partial charge in [-0.05, 0) is 36.4 Å². The summed E-state index contributed by atoms with van der Waals surface area (Å²) < 4.78 is 51.6. The van der Waals surface area contributed by atoms with Crippen LogP contribution in [0.4, 0.5) is 23.2 Å². The normalized spacial score (nSPS) is 11.1. The number of hydrogen-bond donors (Lipinski definition) is 2. The molecule has 0 aromatic heterocycles. The van der Waals surface area contributed by atoms with Gasteiger partial charge in [-0.2, -0.15) is 13.2 Å². The zero-order chi connectivity index (χ0) is 16.3. The van der Waals surface area contributed by atoms with Gasteiger partial charge in [-0.1, -0.05) is 18.2 Å². The lowest BCUT2D eigenvalue weighted by Gasteiger charge is -2.26. The van der Waals surface area contributed by atoms with Crippen molar-refractivity contribution in [2.24, 2.45) is 0 Å². The number of halogens is 4. The number of anilines is 1. The van der Waals surface area contributed by atoms with Gasteiger partial charge in [0.2, 0.25) is 5.84 Å². The van der Waals surface area contributed by atoms with E-state index in [0.717, 1.165) is 12.1 Å². The first-order valence-corrected chi connectivity index (χ1v) is 6.16. The van der Waals surface area contributed by atoms with Crippen LogP contribution in [0.1, 0.15) is 5.56 Å². The molecule has 2 aromatic carbocycles. The molecule has 2 aromatic rings. The van der Waals surface area contributed by atoms with Crippen LogP contribution in [0, 0.1) is 16.6 Å². The Morgan fingerprint density at radius 2 is 1.41 bits per heavy atom. The van der Waals surface area contributed by atoms with Crippen molar-refractivity contribution < 1.29 is 17.6 Å². The van der Waals surface area contributed by atoms with Crippen LogP contribution in [-0.2, 0) is 0 Å². The number of alkyl halides is 3. The molecule has 0 bridgehead atoms. The van der Waals surface area contributed by atoms with E-state index in [1.54, 1.807) is 6.07 Å². The Morgan fingerprint density at radius 1 is 0.864 bits per heavy atom. The van der Waals surface area contributed by atoms with Crippen molar-refractivity contribution >= 4 is 17.4 Å². The monoisotopic (exact) mass is 309 g/mol. The Labute approximate surface area is 123 Å². The second kappa shape index (κ2) is 5.97. The van der Waals surface area contributed by atoms with Gasteiger partial charge in [-0.25, -0.2) is 4.39 Å². The highest BCUT2D eigenvalue weighted by molar-refractivity contribution is 6.24. The van der Waals surface area contributed by atoms with E-state index in [0.29, 0.717) is 4.90 Å². The van der Waals surface area contributed by atoms with Gasteiger partial charge in [0.05, 0.1) is 0 Å². The third-order valence-corrected chi connectivity index (χ3v) is 2.85. The Balaban J connectivity index is 2.47. The van der Waals surface area contributed by atoms with Crippen LogP contribution in [0.3, 0.4) is 0 Å². The lowest BCUT2D eigenvalue weighted by atomic mass is 10.1. The van der Waals surface area contributed by atoms with Gasteiger partial charge >= 0.3 is 6.18 Å². The number of hydrogen-bond acceptors (Lipinski definition) is 2. The molecule has 0 saturated carbocycles. The average molecular weight is 309 g/mol. The maximum atomic E-state index is 12.9. The summed E-state index contributed by atoms with van der Waals surface area (Å²) in [5.74, 6) is -2.81. The molecule has 2 rings (SSSR count). The standard InChI is InChI=1S/C15H11F4N3/c16-11-8-6-10(7-9-11)13(20)22(14(21)15(17,18)19)12-4-2-1-3-5-12/h1-9,20-21H. The van der Waals surface area contributed by atoms with Gasteiger partial charge in [0, 0.05) is 11.3 Å². The van der Waals surface area contributed by atoms with Crippen LogP contribution in [0.2, 0.25) is 0 Å². The summed E-state index contributed by atoms with van der Waals surface area (Å²) in [5, 5.41) is 15.3. The molecule has 0 amide bonds. The Hall–Kier alpha value is -2.70. The van der Waals surface area contributed by atoms with Crippen LogP contribution < -0.4 is 4.90 Å². The number of amidine groups is 2. The second-order valence-electron chi connectivity index (χ2n) is 4.37. The van der Waals surface area contributed by atoms with E-state index in [9.17, 15) is 17.6 Å². The number of nitrogens with one attached hydrogen (secondary N) is 2. The zero-order valence-electron chi connectivity index (χ0n) is 11.2. The van der Waals surface area contributed by atoms with Crippen molar-refractivity contribution in [1.29, 1.82) is 10.8 Å². The van der Waals surface area contributed by atoms with Crippen molar-refractivity contribution in [3.05, 3.63) is 66.0 Å². The van der Waals surface area contributed by atoms with Crippen molar-refractivity contribution in [3.63, 3.8) is 0 Å². The molecule has 0 fully saturated rings.